The number of Topliss-reactive ketones (excluding diaryl/α,β-unsaturated/α-hetero) is 1. The van der Waals surface area contributed by atoms with Gasteiger partial charge < -0.3 is 4.74 Å². The van der Waals surface area contributed by atoms with Crippen LogP contribution in [0.25, 0.3) is 0 Å². The Labute approximate surface area is 199 Å². The number of carbonyl (C=O) groups excluding carboxylic acids is 4. The summed E-state index contributed by atoms with van der Waals surface area (Å²) in [6.07, 6.45) is 0. The molecule has 1 aliphatic rings. The van der Waals surface area contributed by atoms with Crippen LogP contribution in [0.2, 0.25) is 10.0 Å². The van der Waals surface area contributed by atoms with E-state index in [9.17, 15) is 19.2 Å². The van der Waals surface area contributed by atoms with Crippen molar-refractivity contribution in [2.45, 2.75) is 13.8 Å². The van der Waals surface area contributed by atoms with E-state index in [1.807, 2.05) is 19.1 Å². The number of esters is 1. The topological polar surface area (TPSA) is 80.8 Å². The van der Waals surface area contributed by atoms with Crippen molar-refractivity contribution in [1.82, 2.24) is 0 Å². The van der Waals surface area contributed by atoms with E-state index in [0.29, 0.717) is 5.56 Å². The third-order valence-electron chi connectivity index (χ3n) is 5.31. The number of hydrogen-bond acceptors (Lipinski definition) is 5. The molecule has 0 saturated carbocycles. The summed E-state index contributed by atoms with van der Waals surface area (Å²) < 4.78 is 5.17. The van der Waals surface area contributed by atoms with Gasteiger partial charge in [0, 0.05) is 5.56 Å². The average molecular weight is 482 g/mol. The molecular weight excluding hydrogens is 465 g/mol. The van der Waals surface area contributed by atoms with Crippen LogP contribution in [0.4, 0.5) is 5.69 Å². The number of anilines is 1. The largest absolute Gasteiger partial charge is 0.454 e. The van der Waals surface area contributed by atoms with Gasteiger partial charge >= 0.3 is 5.97 Å². The summed E-state index contributed by atoms with van der Waals surface area (Å²) in [7, 11) is 0. The quantitative estimate of drug-likeness (QED) is 0.275. The fourth-order valence-corrected chi connectivity index (χ4v) is 3.85. The van der Waals surface area contributed by atoms with Crippen LogP contribution >= 0.6 is 23.2 Å². The second-order valence-electron chi connectivity index (χ2n) is 7.62. The van der Waals surface area contributed by atoms with E-state index in [-0.39, 0.29) is 38.2 Å². The second-order valence-corrected chi connectivity index (χ2v) is 8.44. The molecule has 0 unspecified atom stereocenters. The maximum atomic E-state index is 12.9. The van der Waals surface area contributed by atoms with E-state index >= 15 is 0 Å². The first-order valence-corrected chi connectivity index (χ1v) is 10.7. The molecule has 0 spiro atoms. The Hall–Kier alpha value is -3.48. The lowest BCUT2D eigenvalue weighted by molar-refractivity contribution is 0.0474. The van der Waals surface area contributed by atoms with Gasteiger partial charge in [0.1, 0.15) is 0 Å². The Balaban J connectivity index is 1.53. The maximum Gasteiger partial charge on any atom is 0.338 e. The molecule has 1 aliphatic heterocycles. The molecule has 0 N–H and O–H groups in total. The van der Waals surface area contributed by atoms with E-state index in [2.05, 4.69) is 0 Å². The van der Waals surface area contributed by atoms with Gasteiger partial charge in [-0.05, 0) is 61.9 Å². The van der Waals surface area contributed by atoms with Crippen molar-refractivity contribution in [2.75, 3.05) is 11.5 Å². The van der Waals surface area contributed by atoms with Crippen LogP contribution in [0.5, 0.6) is 0 Å². The molecule has 0 fully saturated rings. The minimum absolute atomic E-state index is 0.0552. The van der Waals surface area contributed by atoms with Gasteiger partial charge in [-0.1, -0.05) is 40.9 Å². The molecular formula is C25H17Cl2NO5. The summed E-state index contributed by atoms with van der Waals surface area (Å²) in [5.74, 6) is -2.25. The Morgan fingerprint density at radius 2 is 1.58 bits per heavy atom. The van der Waals surface area contributed by atoms with Gasteiger partial charge in [0.2, 0.25) is 5.78 Å². The van der Waals surface area contributed by atoms with E-state index < -0.39 is 24.4 Å². The fraction of sp³-hybridized carbons (Fsp3) is 0.120. The smallest absolute Gasteiger partial charge is 0.338 e. The van der Waals surface area contributed by atoms with Crippen LogP contribution in [0.1, 0.15) is 52.6 Å². The lowest BCUT2D eigenvalue weighted by Gasteiger charge is -2.14. The van der Waals surface area contributed by atoms with Crippen molar-refractivity contribution in [1.29, 1.82) is 0 Å². The molecule has 0 radical (unpaired) electrons. The molecule has 1 heterocycles. The van der Waals surface area contributed by atoms with Gasteiger partial charge in [0.05, 0.1) is 32.4 Å². The van der Waals surface area contributed by atoms with Crippen molar-refractivity contribution in [3.05, 3.63) is 98.0 Å². The summed E-state index contributed by atoms with van der Waals surface area (Å²) >= 11 is 11.9. The number of imide groups is 1. The minimum Gasteiger partial charge on any atom is -0.454 e. The molecule has 2 amide bonds. The Kier molecular flexibility index (Phi) is 6.06. The van der Waals surface area contributed by atoms with Crippen LogP contribution in [0.3, 0.4) is 0 Å². The van der Waals surface area contributed by atoms with Crippen LogP contribution in [0, 0.1) is 13.8 Å². The first-order chi connectivity index (χ1) is 15.7. The predicted molar refractivity (Wildman–Crippen MR) is 125 cm³/mol. The highest BCUT2D eigenvalue weighted by Crippen LogP contribution is 2.33. The van der Waals surface area contributed by atoms with Crippen molar-refractivity contribution in [2.24, 2.45) is 0 Å². The molecule has 0 atom stereocenters. The summed E-state index contributed by atoms with van der Waals surface area (Å²) in [5, 5.41) is 0.487. The number of halogens is 2. The minimum atomic E-state index is -0.773. The Morgan fingerprint density at radius 1 is 0.848 bits per heavy atom. The highest BCUT2D eigenvalue weighted by atomic mass is 35.5. The van der Waals surface area contributed by atoms with Crippen molar-refractivity contribution >= 4 is 52.5 Å². The monoisotopic (exact) mass is 481 g/mol. The average Bonchev–Trinajstić information content (AvgIpc) is 3.05. The zero-order valence-electron chi connectivity index (χ0n) is 17.6. The molecule has 3 aromatic rings. The van der Waals surface area contributed by atoms with Crippen molar-refractivity contribution < 1.29 is 23.9 Å². The molecule has 0 aromatic heterocycles. The molecule has 3 aromatic carbocycles. The number of carbonyl (C=O) groups is 4. The van der Waals surface area contributed by atoms with E-state index in [0.717, 1.165) is 16.0 Å². The van der Waals surface area contributed by atoms with Crippen LogP contribution in [-0.2, 0) is 4.74 Å². The number of hydrogen-bond donors (Lipinski definition) is 0. The predicted octanol–water partition coefficient (Wildman–Crippen LogP) is 5.45. The highest BCUT2D eigenvalue weighted by molar-refractivity contribution is 6.42. The second kappa shape index (κ2) is 8.81. The van der Waals surface area contributed by atoms with Gasteiger partial charge in [-0.15, -0.1) is 0 Å². The molecule has 6 nitrogen and oxygen atoms in total. The number of ether oxygens (including phenoxy) is 1. The van der Waals surface area contributed by atoms with Crippen LogP contribution in [0.15, 0.2) is 54.6 Å². The number of fused-ring (bicyclic) bond motifs is 1. The third kappa shape index (κ3) is 4.27. The number of nitrogens with zero attached hydrogens (tertiary/aromatic N) is 1. The summed E-state index contributed by atoms with van der Waals surface area (Å²) in [6.45, 7) is 3.23. The Bertz CT molecular complexity index is 1350. The zero-order valence-corrected chi connectivity index (χ0v) is 19.2. The number of amides is 2. The molecule has 166 valence electrons. The van der Waals surface area contributed by atoms with E-state index in [1.165, 1.54) is 36.4 Å². The standard InChI is InChI=1S/C25H17Cl2NO5/c1-13-3-4-14(2)18(9-13)22(29)12-33-25(32)15-5-7-17-19(10-15)24(31)28(23(17)30)16-6-8-20(26)21(27)11-16/h3-11H,12H2,1-2H3. The summed E-state index contributed by atoms with van der Waals surface area (Å²) in [6, 6.07) is 13.9. The SMILES string of the molecule is Cc1ccc(C)c(C(=O)COC(=O)c2ccc3c(c2)C(=O)N(c2ccc(Cl)c(Cl)c2)C3=O)c1. The molecule has 8 heteroatoms. The molecule has 0 aliphatic carbocycles. The number of aryl methyl sites for hydroxylation is 2. The number of ketones is 1. The Morgan fingerprint density at radius 3 is 2.30 bits per heavy atom. The van der Waals surface area contributed by atoms with Crippen molar-refractivity contribution in [3.8, 4) is 0 Å². The first-order valence-electron chi connectivity index (χ1n) is 9.93. The molecule has 33 heavy (non-hydrogen) atoms. The van der Waals surface area contributed by atoms with E-state index in [1.54, 1.807) is 13.0 Å². The first kappa shape index (κ1) is 22.7. The highest BCUT2D eigenvalue weighted by Gasteiger charge is 2.37. The molecule has 0 bridgehead atoms. The summed E-state index contributed by atoms with van der Waals surface area (Å²) in [4.78, 5) is 51.7. The lowest BCUT2D eigenvalue weighted by atomic mass is 10.0. The normalized spacial score (nSPS) is 12.7. The molecule has 0 saturated heterocycles. The van der Waals surface area contributed by atoms with Gasteiger partial charge in [-0.25, -0.2) is 9.69 Å². The van der Waals surface area contributed by atoms with Gasteiger partial charge in [-0.3, -0.25) is 14.4 Å². The maximum absolute atomic E-state index is 12.9. The zero-order chi connectivity index (χ0) is 23.9. The third-order valence-corrected chi connectivity index (χ3v) is 6.05. The van der Waals surface area contributed by atoms with Crippen LogP contribution in [-0.4, -0.2) is 30.2 Å². The van der Waals surface area contributed by atoms with Crippen molar-refractivity contribution in [3.63, 3.8) is 0 Å². The fourth-order valence-electron chi connectivity index (χ4n) is 3.55. The van der Waals surface area contributed by atoms with E-state index in [4.69, 9.17) is 27.9 Å². The van der Waals surface area contributed by atoms with Gasteiger partial charge in [0.15, 0.2) is 6.61 Å². The number of benzene rings is 3. The van der Waals surface area contributed by atoms with Gasteiger partial charge in [-0.2, -0.15) is 0 Å². The lowest BCUT2D eigenvalue weighted by Crippen LogP contribution is -2.29. The molecule has 4 rings (SSSR count). The number of rotatable bonds is 5. The van der Waals surface area contributed by atoms with Gasteiger partial charge in [0.25, 0.3) is 11.8 Å². The summed E-state index contributed by atoms with van der Waals surface area (Å²) in [5.41, 5.74) is 2.71. The van der Waals surface area contributed by atoms with Crippen LogP contribution < -0.4 is 4.90 Å².